The third-order valence-corrected chi connectivity index (χ3v) is 6.28. The molecular formula is C24H25N9O3. The van der Waals surface area contributed by atoms with Crippen LogP contribution >= 0.6 is 0 Å². The van der Waals surface area contributed by atoms with Gasteiger partial charge in [0, 0.05) is 50.7 Å². The maximum Gasteiger partial charge on any atom is 0.278 e. The van der Waals surface area contributed by atoms with Crippen molar-refractivity contribution in [1.29, 1.82) is 5.26 Å². The van der Waals surface area contributed by atoms with Crippen LogP contribution < -0.4 is 15.2 Å². The Morgan fingerprint density at radius 1 is 1.22 bits per heavy atom. The number of ether oxygens (including phenoxy) is 1. The third kappa shape index (κ3) is 4.26. The maximum atomic E-state index is 13.0. The number of anilines is 1. The number of carbonyl (C=O) groups excluding carboxylic acids is 1. The minimum atomic E-state index is -0.423. The zero-order chi connectivity index (χ0) is 25.2. The fraction of sp³-hybridized carbons (Fsp3) is 0.333. The van der Waals surface area contributed by atoms with Crippen LogP contribution in [-0.2, 0) is 17.9 Å². The van der Waals surface area contributed by atoms with E-state index < -0.39 is 5.56 Å². The Morgan fingerprint density at radius 2 is 2.03 bits per heavy atom. The summed E-state index contributed by atoms with van der Waals surface area (Å²) in [7, 11) is 1.65. The molecule has 12 heteroatoms. The molecule has 4 aromatic rings. The molecule has 1 fully saturated rings. The Kier molecular flexibility index (Phi) is 6.12. The molecule has 0 atom stereocenters. The second-order valence-corrected chi connectivity index (χ2v) is 8.37. The average molecular weight is 488 g/mol. The summed E-state index contributed by atoms with van der Waals surface area (Å²) in [4.78, 5) is 40.5. The number of rotatable bonds is 6. The van der Waals surface area contributed by atoms with Crippen LogP contribution in [0.25, 0.3) is 22.6 Å². The number of hydrogen-bond acceptors (Lipinski definition) is 8. The lowest BCUT2D eigenvalue weighted by atomic mass is 10.2. The van der Waals surface area contributed by atoms with E-state index in [0.29, 0.717) is 36.5 Å². The van der Waals surface area contributed by atoms with E-state index in [9.17, 15) is 9.59 Å². The molecule has 4 heterocycles. The fourth-order valence-electron chi connectivity index (χ4n) is 4.45. The summed E-state index contributed by atoms with van der Waals surface area (Å²) in [6.07, 6.45) is 3.35. The molecule has 0 spiro atoms. The summed E-state index contributed by atoms with van der Waals surface area (Å²) in [6, 6.07) is 9.75. The number of methoxy groups -OCH3 is 1. The van der Waals surface area contributed by atoms with Crippen molar-refractivity contribution in [2.24, 2.45) is 0 Å². The van der Waals surface area contributed by atoms with Crippen molar-refractivity contribution < 1.29 is 9.53 Å². The van der Waals surface area contributed by atoms with Crippen LogP contribution in [0, 0.1) is 11.3 Å². The van der Waals surface area contributed by atoms with Gasteiger partial charge in [0.2, 0.25) is 11.7 Å². The van der Waals surface area contributed by atoms with E-state index in [1.807, 2.05) is 42.2 Å². The number of aromatic nitrogens is 6. The smallest absolute Gasteiger partial charge is 0.278 e. The number of benzene rings is 1. The molecule has 0 radical (unpaired) electrons. The predicted molar refractivity (Wildman–Crippen MR) is 132 cm³/mol. The summed E-state index contributed by atoms with van der Waals surface area (Å²) in [6.45, 7) is 5.16. The SMILES string of the molecule is CCn1c(-c2cnn(CC(=O)N3CCN(c4cccc(OC)c4)CC3)c2)nc2nc(C#N)[nH]c(=O)c21. The Labute approximate surface area is 206 Å². The van der Waals surface area contributed by atoms with E-state index in [1.165, 1.54) is 0 Å². The van der Waals surface area contributed by atoms with E-state index >= 15 is 0 Å². The predicted octanol–water partition coefficient (Wildman–Crippen LogP) is 1.23. The monoisotopic (exact) mass is 487 g/mol. The van der Waals surface area contributed by atoms with Crippen LogP contribution in [0.15, 0.2) is 41.5 Å². The van der Waals surface area contributed by atoms with Gasteiger partial charge in [-0.25, -0.2) is 4.98 Å². The first-order chi connectivity index (χ1) is 17.5. The zero-order valence-electron chi connectivity index (χ0n) is 20.0. The van der Waals surface area contributed by atoms with Gasteiger partial charge in [-0.2, -0.15) is 15.3 Å². The molecule has 0 aliphatic carbocycles. The second-order valence-electron chi connectivity index (χ2n) is 8.37. The van der Waals surface area contributed by atoms with Gasteiger partial charge < -0.3 is 19.1 Å². The normalized spacial score (nSPS) is 13.7. The van der Waals surface area contributed by atoms with Crippen molar-refractivity contribution in [3.8, 4) is 23.2 Å². The van der Waals surface area contributed by atoms with Crippen molar-refractivity contribution in [2.45, 2.75) is 20.0 Å². The molecule has 1 N–H and O–H groups in total. The van der Waals surface area contributed by atoms with Gasteiger partial charge in [0.05, 0.1) is 18.9 Å². The summed E-state index contributed by atoms with van der Waals surface area (Å²) in [5.41, 5.74) is 1.80. The second kappa shape index (κ2) is 9.53. The van der Waals surface area contributed by atoms with Gasteiger partial charge in [0.1, 0.15) is 24.2 Å². The van der Waals surface area contributed by atoms with Crippen LogP contribution in [0.1, 0.15) is 12.7 Å². The molecule has 1 amide bonds. The molecule has 5 rings (SSSR count). The Morgan fingerprint density at radius 3 is 2.75 bits per heavy atom. The number of carbonyl (C=O) groups is 1. The number of nitrogens with zero attached hydrogens (tertiary/aromatic N) is 8. The molecule has 1 aromatic carbocycles. The van der Waals surface area contributed by atoms with Crippen molar-refractivity contribution in [3.63, 3.8) is 0 Å². The number of aromatic amines is 1. The largest absolute Gasteiger partial charge is 0.497 e. The van der Waals surface area contributed by atoms with Gasteiger partial charge >= 0.3 is 0 Å². The lowest BCUT2D eigenvalue weighted by Gasteiger charge is -2.36. The summed E-state index contributed by atoms with van der Waals surface area (Å²) in [5, 5.41) is 13.4. The Hall–Kier alpha value is -4.66. The van der Waals surface area contributed by atoms with Gasteiger partial charge in [-0.05, 0) is 19.1 Å². The molecular weight excluding hydrogens is 462 g/mol. The fourth-order valence-corrected chi connectivity index (χ4v) is 4.45. The highest BCUT2D eigenvalue weighted by atomic mass is 16.5. The number of piperazine rings is 1. The van der Waals surface area contributed by atoms with Crippen LogP contribution in [0.4, 0.5) is 5.69 Å². The van der Waals surface area contributed by atoms with Gasteiger partial charge in [-0.15, -0.1) is 0 Å². The highest BCUT2D eigenvalue weighted by molar-refractivity contribution is 5.78. The lowest BCUT2D eigenvalue weighted by molar-refractivity contribution is -0.132. The lowest BCUT2D eigenvalue weighted by Crippen LogP contribution is -2.49. The number of nitrogens with one attached hydrogen (secondary N) is 1. The number of fused-ring (bicyclic) bond motifs is 1. The van der Waals surface area contributed by atoms with E-state index in [-0.39, 0.29) is 23.9 Å². The highest BCUT2D eigenvalue weighted by Gasteiger charge is 2.23. The first-order valence-electron chi connectivity index (χ1n) is 11.6. The van der Waals surface area contributed by atoms with Crippen molar-refractivity contribution in [1.82, 2.24) is 34.2 Å². The number of H-pyrrole nitrogens is 1. The summed E-state index contributed by atoms with van der Waals surface area (Å²) in [5.74, 6) is 1.21. The van der Waals surface area contributed by atoms with E-state index in [0.717, 1.165) is 24.5 Å². The highest BCUT2D eigenvalue weighted by Crippen LogP contribution is 2.23. The van der Waals surface area contributed by atoms with Crippen molar-refractivity contribution in [3.05, 3.63) is 52.8 Å². The quantitative estimate of drug-likeness (QED) is 0.429. The molecule has 36 heavy (non-hydrogen) atoms. The van der Waals surface area contributed by atoms with Gasteiger partial charge in [-0.3, -0.25) is 19.3 Å². The molecule has 184 valence electrons. The average Bonchev–Trinajstić information content (AvgIpc) is 3.53. The first kappa shape index (κ1) is 23.1. The minimum absolute atomic E-state index is 0.0179. The van der Waals surface area contributed by atoms with Crippen LogP contribution in [0.2, 0.25) is 0 Å². The van der Waals surface area contributed by atoms with E-state index in [1.54, 1.807) is 28.8 Å². The molecule has 1 aliphatic rings. The summed E-state index contributed by atoms with van der Waals surface area (Å²) >= 11 is 0. The standard InChI is InChI=1S/C24H25N9O3/c1-3-33-21-22(27-19(12-25)28-24(21)35)29-23(33)16-13-26-32(14-16)15-20(34)31-9-7-30(8-10-31)17-5-4-6-18(11-17)36-2/h4-6,11,13-14H,3,7-10,15H2,1-2H3,(H,27,28,35). The molecule has 12 nitrogen and oxygen atoms in total. The molecule has 0 bridgehead atoms. The zero-order valence-corrected chi connectivity index (χ0v) is 20.0. The van der Waals surface area contributed by atoms with Crippen LogP contribution in [0.3, 0.4) is 0 Å². The van der Waals surface area contributed by atoms with Crippen molar-refractivity contribution >= 4 is 22.8 Å². The Balaban J connectivity index is 1.28. The van der Waals surface area contributed by atoms with Gasteiger partial charge in [0.15, 0.2) is 11.2 Å². The molecule has 3 aromatic heterocycles. The minimum Gasteiger partial charge on any atom is -0.497 e. The topological polar surface area (TPSA) is 138 Å². The molecule has 1 aliphatic heterocycles. The third-order valence-electron chi connectivity index (χ3n) is 6.28. The number of hydrogen-bond donors (Lipinski definition) is 1. The van der Waals surface area contributed by atoms with Crippen LogP contribution in [0.5, 0.6) is 5.75 Å². The first-order valence-corrected chi connectivity index (χ1v) is 11.6. The van der Waals surface area contributed by atoms with Gasteiger partial charge in [0.25, 0.3) is 5.56 Å². The molecule has 1 saturated heterocycles. The van der Waals surface area contributed by atoms with Gasteiger partial charge in [-0.1, -0.05) is 6.07 Å². The summed E-state index contributed by atoms with van der Waals surface area (Å²) < 4.78 is 8.61. The molecule has 0 saturated carbocycles. The Bertz CT molecular complexity index is 1520. The number of nitriles is 1. The molecule has 0 unspecified atom stereocenters. The van der Waals surface area contributed by atoms with E-state index in [4.69, 9.17) is 10.00 Å². The number of imidazole rings is 1. The number of amides is 1. The van der Waals surface area contributed by atoms with Crippen LogP contribution in [-0.4, -0.2) is 73.4 Å². The van der Waals surface area contributed by atoms with E-state index in [2.05, 4.69) is 25.0 Å². The maximum absolute atomic E-state index is 13.0. The number of aryl methyl sites for hydroxylation is 1. The van der Waals surface area contributed by atoms with Crippen molar-refractivity contribution in [2.75, 3.05) is 38.2 Å².